The van der Waals surface area contributed by atoms with Crippen LogP contribution in [-0.4, -0.2) is 174 Å². The number of nitrogens with two attached hydrogens (primary N) is 3. The smallest absolute Gasteiger partial charge is 0.147 e. The van der Waals surface area contributed by atoms with Crippen LogP contribution in [0.2, 0.25) is 0 Å². The van der Waals surface area contributed by atoms with Gasteiger partial charge in [-0.2, -0.15) is 0 Å². The summed E-state index contributed by atoms with van der Waals surface area (Å²) in [6, 6.07) is 24.6. The molecule has 0 radical (unpaired) electrons. The van der Waals surface area contributed by atoms with Crippen molar-refractivity contribution in [2.24, 2.45) is 35.0 Å². The SMILES string of the molecule is COc1cccc(CCN2C[C@@H](N)C[C@@H](CS(C)(=O)=O)C2)c1.COc1cccc(CCN2C[C@H](CS(C)(=O)=O)C[C@H](CS(C)(=O)=O)C2)c1.COc1cccc(CCN2C[C@H](N)C[C@H](N)C2)c1. The number of likely N-dealkylation sites (tertiary alicyclic amines) is 3. The summed E-state index contributed by atoms with van der Waals surface area (Å²) in [5.41, 5.74) is 21.7. The first-order valence-corrected chi connectivity index (χ1v) is 29.1. The zero-order valence-electron chi connectivity index (χ0n) is 40.1. The van der Waals surface area contributed by atoms with Gasteiger partial charge in [0.15, 0.2) is 0 Å². The molecule has 66 heavy (non-hydrogen) atoms. The molecule has 0 aliphatic carbocycles. The molecule has 6 rings (SSSR count). The minimum Gasteiger partial charge on any atom is -0.497 e. The first-order valence-electron chi connectivity index (χ1n) is 22.9. The van der Waals surface area contributed by atoms with Gasteiger partial charge in [-0.05, 0) is 109 Å². The van der Waals surface area contributed by atoms with Crippen molar-refractivity contribution in [3.63, 3.8) is 0 Å². The van der Waals surface area contributed by atoms with Crippen molar-refractivity contribution in [2.75, 3.05) is 116 Å². The summed E-state index contributed by atoms with van der Waals surface area (Å²) < 4.78 is 85.5. The Morgan fingerprint density at radius 2 is 0.742 bits per heavy atom. The maximum absolute atomic E-state index is 11.7. The van der Waals surface area contributed by atoms with E-state index in [4.69, 9.17) is 31.4 Å². The van der Waals surface area contributed by atoms with E-state index in [0.717, 1.165) is 101 Å². The predicted molar refractivity (Wildman–Crippen MR) is 267 cm³/mol. The molecule has 15 nitrogen and oxygen atoms in total. The van der Waals surface area contributed by atoms with E-state index in [1.165, 1.54) is 29.9 Å². The zero-order valence-corrected chi connectivity index (χ0v) is 42.5. The Bertz CT molecular complexity index is 2220. The van der Waals surface area contributed by atoms with Crippen LogP contribution < -0.4 is 31.4 Å². The number of methoxy groups -OCH3 is 3. The van der Waals surface area contributed by atoms with Crippen LogP contribution in [-0.2, 0) is 48.8 Å². The molecule has 0 saturated carbocycles. The Hall–Kier alpha value is -3.33. The quantitative estimate of drug-likeness (QED) is 0.167. The van der Waals surface area contributed by atoms with Gasteiger partial charge in [-0.3, -0.25) is 4.90 Å². The summed E-state index contributed by atoms with van der Waals surface area (Å²) in [7, 11) is -4.12. The van der Waals surface area contributed by atoms with Crippen LogP contribution in [0.3, 0.4) is 0 Å². The lowest BCUT2D eigenvalue weighted by Crippen LogP contribution is -2.52. The third-order valence-electron chi connectivity index (χ3n) is 12.1. The van der Waals surface area contributed by atoms with Crippen LogP contribution in [0.4, 0.5) is 0 Å². The molecule has 6 atom stereocenters. The molecule has 372 valence electrons. The Balaban J connectivity index is 0.000000220. The highest BCUT2D eigenvalue weighted by atomic mass is 32.2. The normalized spacial score (nSPS) is 23.4. The van der Waals surface area contributed by atoms with Crippen molar-refractivity contribution in [3.8, 4) is 17.2 Å². The summed E-state index contributed by atoms with van der Waals surface area (Å²) in [6.45, 7) is 7.61. The van der Waals surface area contributed by atoms with Gasteiger partial charge in [-0.25, -0.2) is 25.3 Å². The van der Waals surface area contributed by atoms with E-state index in [1.807, 2.05) is 54.6 Å². The Morgan fingerprint density at radius 1 is 0.455 bits per heavy atom. The van der Waals surface area contributed by atoms with Crippen LogP contribution in [0.25, 0.3) is 0 Å². The molecular formula is C48H78N6O9S3. The average Bonchev–Trinajstić information content (AvgIpc) is 3.22. The monoisotopic (exact) mass is 978 g/mol. The van der Waals surface area contributed by atoms with Crippen LogP contribution in [0, 0.1) is 17.8 Å². The lowest BCUT2D eigenvalue weighted by atomic mass is 9.91. The van der Waals surface area contributed by atoms with E-state index in [0.29, 0.717) is 19.5 Å². The predicted octanol–water partition coefficient (Wildman–Crippen LogP) is 2.79. The summed E-state index contributed by atoms with van der Waals surface area (Å²) in [6.07, 6.45) is 8.91. The topological polar surface area (TPSA) is 218 Å². The number of benzene rings is 3. The molecule has 3 aliphatic heterocycles. The molecule has 3 fully saturated rings. The molecule has 0 bridgehead atoms. The summed E-state index contributed by atoms with van der Waals surface area (Å²) in [5, 5.41) is 0. The molecule has 3 aromatic carbocycles. The second kappa shape index (κ2) is 26.4. The van der Waals surface area contributed by atoms with E-state index in [2.05, 4.69) is 32.9 Å². The molecular weight excluding hydrogens is 901 g/mol. The van der Waals surface area contributed by atoms with Crippen molar-refractivity contribution in [1.29, 1.82) is 0 Å². The molecule has 0 aromatic heterocycles. The standard InChI is InChI=1S/C18H29NO5S2.C16H26N2O3S.C14H23N3O/c1-24-18-6-4-5-15(10-18)7-8-19-11-16(13-25(2,20)21)9-17(12-19)14-26(3,22)23;1-21-16-5-3-4-13(9-16)6-7-18-10-14(8-15(17)11-18)12-22(2,19)20;1-18-14-4-2-3-11(7-14)5-6-17-9-12(15)8-13(16)10-17/h4-6,10,16-17H,7-9,11-14H2,1-3H3;3-5,9,14-15H,6-8,10-12,17H2,1-2H3;2-4,7,12-13H,5-6,8-10,15-16H2,1H3/t16-,17+;14-,15+;12-,13+/m.1./s1. The number of nitrogens with zero attached hydrogens (tertiary/aromatic N) is 3. The third kappa shape index (κ3) is 22.2. The first-order chi connectivity index (χ1) is 31.1. The Labute approximate surface area is 396 Å². The van der Waals surface area contributed by atoms with Crippen LogP contribution in [0.15, 0.2) is 72.8 Å². The number of piperidine rings is 3. The second-order valence-electron chi connectivity index (χ2n) is 18.9. The fourth-order valence-electron chi connectivity index (χ4n) is 9.59. The molecule has 3 saturated heterocycles. The van der Waals surface area contributed by atoms with Gasteiger partial charge in [0.25, 0.3) is 0 Å². The summed E-state index contributed by atoms with van der Waals surface area (Å²) >= 11 is 0. The van der Waals surface area contributed by atoms with Crippen LogP contribution in [0.5, 0.6) is 17.2 Å². The second-order valence-corrected chi connectivity index (χ2v) is 25.5. The van der Waals surface area contributed by atoms with Crippen molar-refractivity contribution >= 4 is 29.5 Å². The maximum atomic E-state index is 11.7. The molecule has 3 heterocycles. The molecule has 3 aromatic rings. The molecule has 3 aliphatic rings. The fourth-order valence-corrected chi connectivity index (χ4v) is 12.9. The van der Waals surface area contributed by atoms with Crippen molar-refractivity contribution in [1.82, 2.24) is 14.7 Å². The van der Waals surface area contributed by atoms with Gasteiger partial charge < -0.3 is 41.2 Å². The number of rotatable bonds is 18. The van der Waals surface area contributed by atoms with Gasteiger partial charge in [0.05, 0.1) is 38.6 Å². The van der Waals surface area contributed by atoms with E-state index >= 15 is 0 Å². The maximum Gasteiger partial charge on any atom is 0.147 e. The van der Waals surface area contributed by atoms with Gasteiger partial charge in [-0.1, -0.05) is 36.4 Å². The number of hydrogen-bond acceptors (Lipinski definition) is 15. The highest BCUT2D eigenvalue weighted by Gasteiger charge is 2.31. The highest BCUT2D eigenvalue weighted by molar-refractivity contribution is 7.91. The van der Waals surface area contributed by atoms with Crippen molar-refractivity contribution in [3.05, 3.63) is 89.5 Å². The van der Waals surface area contributed by atoms with Gasteiger partial charge in [-0.15, -0.1) is 0 Å². The number of ether oxygens (including phenoxy) is 3. The van der Waals surface area contributed by atoms with Gasteiger partial charge in [0.2, 0.25) is 0 Å². The number of sulfone groups is 3. The zero-order chi connectivity index (χ0) is 48.5. The summed E-state index contributed by atoms with van der Waals surface area (Å²) in [5.74, 6) is 3.16. The van der Waals surface area contributed by atoms with Crippen LogP contribution >= 0.6 is 0 Å². The minimum atomic E-state index is -3.08. The highest BCUT2D eigenvalue weighted by Crippen LogP contribution is 2.26. The van der Waals surface area contributed by atoms with Crippen molar-refractivity contribution < 1.29 is 39.5 Å². The molecule has 0 spiro atoms. The van der Waals surface area contributed by atoms with Gasteiger partial charge in [0, 0.05) is 95.8 Å². The van der Waals surface area contributed by atoms with E-state index in [-0.39, 0.29) is 53.1 Å². The minimum absolute atomic E-state index is 0.0178. The molecule has 6 N–H and O–H groups in total. The summed E-state index contributed by atoms with van der Waals surface area (Å²) in [4.78, 5) is 6.84. The largest absolute Gasteiger partial charge is 0.497 e. The van der Waals surface area contributed by atoms with E-state index in [1.54, 1.807) is 21.3 Å². The lowest BCUT2D eigenvalue weighted by molar-refractivity contribution is 0.145. The Morgan fingerprint density at radius 3 is 1.06 bits per heavy atom. The average molecular weight is 979 g/mol. The van der Waals surface area contributed by atoms with Gasteiger partial charge >= 0.3 is 0 Å². The molecule has 0 unspecified atom stereocenters. The lowest BCUT2D eigenvalue weighted by Gasteiger charge is -2.37. The Kier molecular flexibility index (Phi) is 22.1. The van der Waals surface area contributed by atoms with Gasteiger partial charge in [0.1, 0.15) is 46.8 Å². The van der Waals surface area contributed by atoms with Crippen molar-refractivity contribution in [2.45, 2.75) is 56.7 Å². The number of hydrogen-bond donors (Lipinski definition) is 3. The third-order valence-corrected chi connectivity index (χ3v) is 15.3. The first kappa shape index (κ1) is 55.3. The molecule has 18 heteroatoms. The molecule has 0 amide bonds. The van der Waals surface area contributed by atoms with Crippen LogP contribution in [0.1, 0.15) is 36.0 Å². The fraction of sp³-hybridized carbons (Fsp3) is 0.625. The van der Waals surface area contributed by atoms with E-state index in [9.17, 15) is 25.3 Å². The van der Waals surface area contributed by atoms with E-state index < -0.39 is 29.5 Å².